The Balaban J connectivity index is 1.53. The van der Waals surface area contributed by atoms with E-state index in [1.165, 1.54) is 35.2 Å². The van der Waals surface area contributed by atoms with Gasteiger partial charge in [0.1, 0.15) is 24.2 Å². The summed E-state index contributed by atoms with van der Waals surface area (Å²) in [5, 5.41) is 30.0. The summed E-state index contributed by atoms with van der Waals surface area (Å²) in [5.41, 5.74) is 0.543. The van der Waals surface area contributed by atoms with E-state index >= 15 is 0 Å². The smallest absolute Gasteiger partial charge is 0.273 e. The molecule has 0 spiro atoms. The number of ether oxygens (including phenoxy) is 1. The van der Waals surface area contributed by atoms with Gasteiger partial charge < -0.3 is 20.5 Å². The summed E-state index contributed by atoms with van der Waals surface area (Å²) >= 11 is 0. The van der Waals surface area contributed by atoms with Gasteiger partial charge in [0.2, 0.25) is 0 Å². The van der Waals surface area contributed by atoms with E-state index in [1.807, 2.05) is 13.8 Å². The van der Waals surface area contributed by atoms with E-state index in [4.69, 9.17) is 4.74 Å². The van der Waals surface area contributed by atoms with Gasteiger partial charge in [-0.15, -0.1) is 0 Å². The number of halogens is 1. The summed E-state index contributed by atoms with van der Waals surface area (Å²) < 4.78 is 21.4. The number of fused-ring (bicyclic) bond motifs is 1. The minimum Gasteiger partial charge on any atom is -0.489 e. The summed E-state index contributed by atoms with van der Waals surface area (Å²) in [7, 11) is 0. The molecule has 11 nitrogen and oxygen atoms in total. The first kappa shape index (κ1) is 30.1. The third-order valence-corrected chi connectivity index (χ3v) is 6.79. The van der Waals surface area contributed by atoms with E-state index < -0.39 is 22.9 Å². The molecule has 3 N–H and O–H groups in total. The molecule has 0 aliphatic heterocycles. The minimum absolute atomic E-state index is 0.0508. The lowest BCUT2D eigenvalue weighted by molar-refractivity contribution is 0.0283. The largest absolute Gasteiger partial charge is 0.489 e. The van der Waals surface area contributed by atoms with Crippen LogP contribution in [0.15, 0.2) is 61.5 Å². The van der Waals surface area contributed by atoms with Gasteiger partial charge in [-0.2, -0.15) is 10.4 Å². The molecule has 0 atom stereocenters. The number of nitriles is 1. The summed E-state index contributed by atoms with van der Waals surface area (Å²) in [6.45, 7) is 11.3. The van der Waals surface area contributed by atoms with Crippen LogP contribution >= 0.6 is 0 Å². The summed E-state index contributed by atoms with van der Waals surface area (Å²) in [5.74, 6) is -0.419. The highest BCUT2D eigenvalue weighted by Crippen LogP contribution is 2.30. The second-order valence-electron chi connectivity index (χ2n) is 10.6. The van der Waals surface area contributed by atoms with Crippen LogP contribution in [-0.2, 0) is 0 Å². The van der Waals surface area contributed by atoms with Crippen molar-refractivity contribution in [3.05, 3.63) is 78.5 Å². The number of carbonyl (C=O) groups is 1. The molecule has 0 saturated heterocycles. The zero-order chi connectivity index (χ0) is 30.5. The van der Waals surface area contributed by atoms with Crippen molar-refractivity contribution in [1.82, 2.24) is 29.9 Å². The number of amides is 1. The van der Waals surface area contributed by atoms with Crippen molar-refractivity contribution in [3.63, 3.8) is 0 Å². The van der Waals surface area contributed by atoms with Crippen LogP contribution in [0.25, 0.3) is 16.8 Å². The lowest BCUT2D eigenvalue weighted by Crippen LogP contribution is -2.48. The van der Waals surface area contributed by atoms with Crippen molar-refractivity contribution >= 4 is 17.2 Å². The highest BCUT2D eigenvalue weighted by atomic mass is 19.1. The quantitative estimate of drug-likeness (QED) is 0.220. The molecule has 1 amide bonds. The second kappa shape index (κ2) is 12.3. The number of aromatic nitrogens is 5. The molecule has 218 valence electrons. The maximum Gasteiger partial charge on any atom is 0.273 e. The molecule has 4 heterocycles. The average molecular weight is 573 g/mol. The van der Waals surface area contributed by atoms with Crippen LogP contribution in [0.1, 0.15) is 63.0 Å². The number of anilines is 1. The van der Waals surface area contributed by atoms with Crippen LogP contribution in [0, 0.1) is 17.1 Å². The van der Waals surface area contributed by atoms with Crippen LogP contribution in [0.4, 0.5) is 10.2 Å². The highest BCUT2D eigenvalue weighted by Gasteiger charge is 2.31. The average Bonchev–Trinajstić information content (AvgIpc) is 3.38. The van der Waals surface area contributed by atoms with Gasteiger partial charge in [-0.25, -0.2) is 18.9 Å². The monoisotopic (exact) mass is 572 g/mol. The number of nitrogens with zero attached hydrogens (tertiary/aromatic N) is 6. The predicted octanol–water partition coefficient (Wildman–Crippen LogP) is 4.65. The molecule has 0 fully saturated rings. The van der Waals surface area contributed by atoms with E-state index in [-0.39, 0.29) is 12.3 Å². The Kier molecular flexibility index (Phi) is 8.82. The summed E-state index contributed by atoms with van der Waals surface area (Å²) in [4.78, 5) is 25.7. The van der Waals surface area contributed by atoms with Crippen molar-refractivity contribution in [3.8, 4) is 23.1 Å². The van der Waals surface area contributed by atoms with Gasteiger partial charge in [0.25, 0.3) is 5.91 Å². The fourth-order valence-electron chi connectivity index (χ4n) is 4.45. The van der Waals surface area contributed by atoms with Crippen molar-refractivity contribution in [2.75, 3.05) is 11.9 Å². The number of hydrogen-bond acceptors (Lipinski definition) is 9. The van der Waals surface area contributed by atoms with Gasteiger partial charge in [-0.05, 0) is 44.9 Å². The van der Waals surface area contributed by atoms with Crippen LogP contribution in [0.2, 0.25) is 0 Å². The van der Waals surface area contributed by atoms with E-state index in [1.54, 1.807) is 32.3 Å². The van der Waals surface area contributed by atoms with Crippen LogP contribution < -0.4 is 15.4 Å². The molecule has 0 aromatic carbocycles. The Hall–Kier alpha value is -4.89. The minimum atomic E-state index is -1.04. The second-order valence-corrected chi connectivity index (χ2v) is 10.6. The van der Waals surface area contributed by atoms with Gasteiger partial charge >= 0.3 is 0 Å². The van der Waals surface area contributed by atoms with Crippen LogP contribution in [0.3, 0.4) is 0 Å². The molecule has 0 radical (unpaired) electrons. The van der Waals surface area contributed by atoms with E-state index in [0.29, 0.717) is 58.9 Å². The molecule has 4 rings (SSSR count). The molecular formula is C30H33FN8O3. The fraction of sp³-hybridized carbons (Fsp3) is 0.333. The van der Waals surface area contributed by atoms with Crippen LogP contribution in [0.5, 0.6) is 5.75 Å². The lowest BCUT2D eigenvalue weighted by Gasteiger charge is -2.33. The molecule has 0 bridgehead atoms. The molecule has 4 aromatic rings. The van der Waals surface area contributed by atoms with Crippen LogP contribution in [-0.4, -0.2) is 53.3 Å². The normalized spacial score (nSPS) is 11.6. The molecule has 0 unspecified atom stereocenters. The van der Waals surface area contributed by atoms with Gasteiger partial charge in [-0.1, -0.05) is 20.4 Å². The van der Waals surface area contributed by atoms with Crippen molar-refractivity contribution in [2.45, 2.75) is 58.1 Å². The van der Waals surface area contributed by atoms with E-state index in [0.717, 1.165) is 0 Å². The molecule has 4 aromatic heterocycles. The molecule has 0 aliphatic carbocycles. The Morgan fingerprint density at radius 3 is 2.60 bits per heavy atom. The molecule has 0 aliphatic rings. The lowest BCUT2D eigenvalue weighted by atomic mass is 9.87. The summed E-state index contributed by atoms with van der Waals surface area (Å²) in [6, 6.07) is 6.50. The van der Waals surface area contributed by atoms with Gasteiger partial charge in [-0.3, -0.25) is 9.78 Å². The number of pyridine rings is 2. The SMILES string of the molecule is C=C(CC(CC)(CC)NC(=O)c1ncccc1F)Nc1cnc(-c2cc(OCC(C)(C)O)cn3ncc(C#N)c23)cn1. The van der Waals surface area contributed by atoms with Crippen molar-refractivity contribution in [2.24, 2.45) is 0 Å². The van der Waals surface area contributed by atoms with E-state index in [9.17, 15) is 19.6 Å². The number of aliphatic hydroxyl groups is 1. The molecular weight excluding hydrogens is 539 g/mol. The van der Waals surface area contributed by atoms with Crippen molar-refractivity contribution < 1.29 is 19.0 Å². The van der Waals surface area contributed by atoms with E-state index in [2.05, 4.69) is 43.3 Å². The Bertz CT molecular complexity index is 1630. The maximum absolute atomic E-state index is 14.1. The number of nitrogens with one attached hydrogen (secondary N) is 2. The third kappa shape index (κ3) is 6.87. The predicted molar refractivity (Wildman–Crippen MR) is 155 cm³/mol. The zero-order valence-electron chi connectivity index (χ0n) is 24.0. The Labute approximate surface area is 243 Å². The zero-order valence-corrected chi connectivity index (χ0v) is 24.0. The topological polar surface area (TPSA) is 150 Å². The van der Waals surface area contributed by atoms with Crippen molar-refractivity contribution in [1.29, 1.82) is 5.26 Å². The molecule has 12 heteroatoms. The number of rotatable bonds is 12. The third-order valence-electron chi connectivity index (χ3n) is 6.79. The fourth-order valence-corrected chi connectivity index (χ4v) is 4.45. The Morgan fingerprint density at radius 2 is 1.98 bits per heavy atom. The summed E-state index contributed by atoms with van der Waals surface area (Å²) in [6.07, 6.45) is 9.05. The first-order valence-corrected chi connectivity index (χ1v) is 13.4. The number of hydrogen-bond donors (Lipinski definition) is 3. The first-order chi connectivity index (χ1) is 20.0. The maximum atomic E-state index is 14.1. The van der Waals surface area contributed by atoms with Gasteiger partial charge in [0, 0.05) is 29.4 Å². The standard InChI is InChI=1S/C30H33FN8O3/c1-6-30(7-2,38-28(40)26-23(31)9-8-10-33-26)12-19(3)37-25-16-34-24(15-35-25)22-11-21(42-18-29(4,5)41)17-39-27(22)20(13-32)14-36-39/h8-11,14-17,41H,3,6-7,12,18H2,1-2,4-5H3,(H,35,37)(H,38,40). The van der Waals surface area contributed by atoms with Gasteiger partial charge in [0.15, 0.2) is 11.5 Å². The highest BCUT2D eigenvalue weighted by molar-refractivity contribution is 5.93. The Morgan fingerprint density at radius 1 is 1.21 bits per heavy atom. The molecule has 42 heavy (non-hydrogen) atoms. The van der Waals surface area contributed by atoms with Gasteiger partial charge in [0.05, 0.1) is 47.2 Å². The number of carbonyl (C=O) groups excluding carboxylic acids is 1. The first-order valence-electron chi connectivity index (χ1n) is 13.4. The molecule has 0 saturated carbocycles.